The van der Waals surface area contributed by atoms with Gasteiger partial charge in [0.15, 0.2) is 0 Å². The highest BCUT2D eigenvalue weighted by Crippen LogP contribution is 2.36. The highest BCUT2D eigenvalue weighted by Gasteiger charge is 2.26. The fourth-order valence-corrected chi connectivity index (χ4v) is 2.03. The molecule has 1 aliphatic carbocycles. The van der Waals surface area contributed by atoms with Crippen molar-refractivity contribution in [2.75, 3.05) is 0 Å². The van der Waals surface area contributed by atoms with Crippen molar-refractivity contribution >= 4 is 5.97 Å². The van der Waals surface area contributed by atoms with E-state index >= 15 is 0 Å². The second-order valence-corrected chi connectivity index (χ2v) is 3.56. The first-order chi connectivity index (χ1) is 7.27. The topological polar surface area (TPSA) is 66.0 Å². The lowest BCUT2D eigenvalue weighted by atomic mass is 10.1. The highest BCUT2D eigenvalue weighted by molar-refractivity contribution is 5.91. The van der Waals surface area contributed by atoms with Gasteiger partial charge in [-0.05, 0) is 5.56 Å². The molecule has 2 N–H and O–H groups in total. The molecule has 1 aromatic heterocycles. The van der Waals surface area contributed by atoms with Gasteiger partial charge in [0, 0.05) is 17.5 Å². The summed E-state index contributed by atoms with van der Waals surface area (Å²) in [6.45, 7) is 0. The number of rotatable bonds is 1. The maximum atomic E-state index is 10.9. The average Bonchev–Trinajstić information content (AvgIpc) is 2.74. The van der Waals surface area contributed by atoms with E-state index < -0.39 is 5.97 Å². The summed E-state index contributed by atoms with van der Waals surface area (Å²) < 4.78 is 0. The van der Waals surface area contributed by atoms with E-state index in [1.165, 1.54) is 0 Å². The second kappa shape index (κ2) is 2.70. The third-order valence-electron chi connectivity index (χ3n) is 2.72. The Labute approximate surface area is 85.6 Å². The van der Waals surface area contributed by atoms with Gasteiger partial charge in [-0.1, -0.05) is 24.3 Å². The Morgan fingerprint density at radius 3 is 3.00 bits per heavy atom. The van der Waals surface area contributed by atoms with Crippen LogP contribution in [-0.2, 0) is 6.42 Å². The molecule has 0 spiro atoms. The number of hydrogen-bond acceptors (Lipinski definition) is 2. The fourth-order valence-electron chi connectivity index (χ4n) is 2.03. The van der Waals surface area contributed by atoms with Gasteiger partial charge >= 0.3 is 5.97 Å². The Bertz CT molecular complexity index is 557. The minimum absolute atomic E-state index is 0.209. The molecular weight excluding hydrogens is 192 g/mol. The number of H-pyrrole nitrogens is 1. The van der Waals surface area contributed by atoms with Gasteiger partial charge in [0.05, 0.1) is 5.69 Å². The molecule has 3 rings (SSSR count). The molecule has 0 radical (unpaired) electrons. The van der Waals surface area contributed by atoms with Gasteiger partial charge in [-0.15, -0.1) is 0 Å². The smallest absolute Gasteiger partial charge is 0.354 e. The van der Waals surface area contributed by atoms with E-state index in [4.69, 9.17) is 5.11 Å². The van der Waals surface area contributed by atoms with Crippen LogP contribution in [-0.4, -0.2) is 21.3 Å². The van der Waals surface area contributed by atoms with E-state index in [-0.39, 0.29) is 5.69 Å². The molecule has 0 amide bonds. The predicted octanol–water partition coefficient (Wildman–Crippen LogP) is 1.68. The molecule has 0 fully saturated rings. The van der Waals surface area contributed by atoms with E-state index in [0.29, 0.717) is 6.42 Å². The van der Waals surface area contributed by atoms with E-state index in [2.05, 4.69) is 10.2 Å². The van der Waals surface area contributed by atoms with Crippen molar-refractivity contribution in [3.05, 3.63) is 41.1 Å². The molecule has 0 aliphatic heterocycles. The van der Waals surface area contributed by atoms with E-state index in [1.54, 1.807) is 0 Å². The first kappa shape index (κ1) is 8.23. The van der Waals surface area contributed by atoms with Crippen LogP contribution in [0.2, 0.25) is 0 Å². The van der Waals surface area contributed by atoms with Crippen LogP contribution in [0.3, 0.4) is 0 Å². The SMILES string of the molecule is O=C(O)c1[nH]nc2c1Cc1ccccc1-2. The monoisotopic (exact) mass is 200 g/mol. The van der Waals surface area contributed by atoms with Gasteiger partial charge in [-0.2, -0.15) is 5.10 Å². The zero-order valence-electron chi connectivity index (χ0n) is 7.82. The molecule has 2 aromatic rings. The van der Waals surface area contributed by atoms with Gasteiger partial charge in [-0.3, -0.25) is 5.10 Å². The summed E-state index contributed by atoms with van der Waals surface area (Å²) in [6.07, 6.45) is 0.656. The van der Waals surface area contributed by atoms with Gasteiger partial charge in [0.25, 0.3) is 0 Å². The lowest BCUT2D eigenvalue weighted by molar-refractivity contribution is 0.0689. The molecule has 4 nitrogen and oxygen atoms in total. The Balaban J connectivity index is 2.23. The van der Waals surface area contributed by atoms with Crippen LogP contribution in [0.15, 0.2) is 24.3 Å². The number of fused-ring (bicyclic) bond motifs is 3. The molecule has 74 valence electrons. The molecule has 0 bridgehead atoms. The fraction of sp³-hybridized carbons (Fsp3) is 0.0909. The Morgan fingerprint density at radius 1 is 1.40 bits per heavy atom. The normalized spacial score (nSPS) is 12.3. The Hall–Kier alpha value is -2.10. The number of benzene rings is 1. The average molecular weight is 200 g/mol. The van der Waals surface area contributed by atoms with Crippen molar-refractivity contribution in [3.8, 4) is 11.3 Å². The van der Waals surface area contributed by atoms with Gasteiger partial charge in [0.1, 0.15) is 5.69 Å². The van der Waals surface area contributed by atoms with Crippen LogP contribution in [0, 0.1) is 0 Å². The number of aromatic nitrogens is 2. The van der Waals surface area contributed by atoms with Crippen molar-refractivity contribution in [2.24, 2.45) is 0 Å². The standard InChI is InChI=1S/C11H8N2O2/c14-11(15)10-8-5-6-3-1-2-4-7(6)9(8)12-13-10/h1-4H,5H2,(H,12,13)(H,14,15). The van der Waals surface area contributed by atoms with Gasteiger partial charge in [0.2, 0.25) is 0 Å². The maximum absolute atomic E-state index is 10.9. The first-order valence-corrected chi connectivity index (χ1v) is 4.66. The number of aromatic amines is 1. The number of nitrogens with zero attached hydrogens (tertiary/aromatic N) is 1. The van der Waals surface area contributed by atoms with Crippen molar-refractivity contribution in [1.29, 1.82) is 0 Å². The summed E-state index contributed by atoms with van der Waals surface area (Å²) in [5.41, 5.74) is 3.97. The molecular formula is C11H8N2O2. The maximum Gasteiger partial charge on any atom is 0.354 e. The summed E-state index contributed by atoms with van der Waals surface area (Å²) in [5.74, 6) is -0.948. The van der Waals surface area contributed by atoms with Gasteiger partial charge in [-0.25, -0.2) is 4.79 Å². The summed E-state index contributed by atoms with van der Waals surface area (Å²) in [5, 5.41) is 15.6. The predicted molar refractivity (Wildman–Crippen MR) is 53.8 cm³/mol. The second-order valence-electron chi connectivity index (χ2n) is 3.56. The molecule has 1 heterocycles. The van der Waals surface area contributed by atoms with Crippen LogP contribution in [0.1, 0.15) is 21.6 Å². The molecule has 0 unspecified atom stereocenters. The number of aromatic carboxylic acids is 1. The van der Waals surface area contributed by atoms with Crippen LogP contribution in [0.5, 0.6) is 0 Å². The molecule has 1 aliphatic rings. The Morgan fingerprint density at radius 2 is 2.20 bits per heavy atom. The van der Waals surface area contributed by atoms with Crippen LogP contribution < -0.4 is 0 Å². The van der Waals surface area contributed by atoms with E-state index in [9.17, 15) is 4.79 Å². The molecule has 15 heavy (non-hydrogen) atoms. The van der Waals surface area contributed by atoms with Crippen molar-refractivity contribution < 1.29 is 9.90 Å². The Kier molecular flexibility index (Phi) is 1.48. The number of nitrogens with one attached hydrogen (secondary N) is 1. The van der Waals surface area contributed by atoms with Crippen LogP contribution >= 0.6 is 0 Å². The van der Waals surface area contributed by atoms with Gasteiger partial charge < -0.3 is 5.11 Å². The van der Waals surface area contributed by atoms with Crippen molar-refractivity contribution in [1.82, 2.24) is 10.2 Å². The van der Waals surface area contributed by atoms with Crippen molar-refractivity contribution in [3.63, 3.8) is 0 Å². The van der Waals surface area contributed by atoms with E-state index in [1.807, 2.05) is 24.3 Å². The van der Waals surface area contributed by atoms with E-state index in [0.717, 1.165) is 22.4 Å². The molecule has 0 saturated carbocycles. The zero-order chi connectivity index (χ0) is 10.4. The summed E-state index contributed by atoms with van der Waals surface area (Å²) in [7, 11) is 0. The molecule has 4 heteroatoms. The minimum Gasteiger partial charge on any atom is -0.477 e. The first-order valence-electron chi connectivity index (χ1n) is 4.66. The largest absolute Gasteiger partial charge is 0.477 e. The number of hydrogen-bond donors (Lipinski definition) is 2. The lowest BCUT2D eigenvalue weighted by Crippen LogP contribution is -2.00. The van der Waals surface area contributed by atoms with Crippen LogP contribution in [0.25, 0.3) is 11.3 Å². The third kappa shape index (κ3) is 1.01. The third-order valence-corrected chi connectivity index (χ3v) is 2.72. The summed E-state index contributed by atoms with van der Waals surface area (Å²) in [4.78, 5) is 10.9. The zero-order valence-corrected chi connectivity index (χ0v) is 7.82. The number of carbonyl (C=O) groups is 1. The highest BCUT2D eigenvalue weighted by atomic mass is 16.4. The summed E-state index contributed by atoms with van der Waals surface area (Å²) >= 11 is 0. The van der Waals surface area contributed by atoms with Crippen molar-refractivity contribution in [2.45, 2.75) is 6.42 Å². The summed E-state index contributed by atoms with van der Waals surface area (Å²) in [6, 6.07) is 7.86. The molecule has 1 aromatic carbocycles. The number of carboxylic acid groups (broad SMARTS) is 1. The van der Waals surface area contributed by atoms with Crippen LogP contribution in [0.4, 0.5) is 0 Å². The molecule has 0 saturated heterocycles. The number of carboxylic acids is 1. The lowest BCUT2D eigenvalue weighted by Gasteiger charge is -1.96. The minimum atomic E-state index is -0.948. The molecule has 0 atom stereocenters. The quantitative estimate of drug-likeness (QED) is 0.628.